The van der Waals surface area contributed by atoms with Crippen molar-refractivity contribution in [3.05, 3.63) is 29.8 Å². The van der Waals surface area contributed by atoms with Gasteiger partial charge in [0, 0.05) is 5.88 Å². The SMILES string of the molecule is CCC(C)c1ccc(OCCC(C)CCCl)cc1. The highest BCUT2D eigenvalue weighted by Crippen LogP contribution is 2.21. The lowest BCUT2D eigenvalue weighted by molar-refractivity contribution is 0.282. The summed E-state index contributed by atoms with van der Waals surface area (Å²) >= 11 is 5.71. The van der Waals surface area contributed by atoms with Crippen LogP contribution < -0.4 is 4.74 Å². The maximum atomic E-state index is 5.75. The molecule has 0 fully saturated rings. The molecule has 0 saturated heterocycles. The van der Waals surface area contributed by atoms with Gasteiger partial charge in [0.05, 0.1) is 6.61 Å². The molecule has 1 aromatic carbocycles. The highest BCUT2D eigenvalue weighted by Gasteiger charge is 2.04. The van der Waals surface area contributed by atoms with E-state index in [1.54, 1.807) is 0 Å². The van der Waals surface area contributed by atoms with Gasteiger partial charge in [0.25, 0.3) is 0 Å². The Morgan fingerprint density at radius 2 is 1.78 bits per heavy atom. The number of hydrogen-bond acceptors (Lipinski definition) is 1. The van der Waals surface area contributed by atoms with Crippen molar-refractivity contribution in [3.63, 3.8) is 0 Å². The first-order valence-electron chi connectivity index (χ1n) is 6.96. The van der Waals surface area contributed by atoms with E-state index >= 15 is 0 Å². The molecule has 1 nitrogen and oxygen atoms in total. The number of alkyl halides is 1. The molecule has 0 N–H and O–H groups in total. The molecule has 0 radical (unpaired) electrons. The second-order valence-electron chi connectivity index (χ2n) is 5.10. The fraction of sp³-hybridized carbons (Fsp3) is 0.625. The van der Waals surface area contributed by atoms with Gasteiger partial charge in [0.15, 0.2) is 0 Å². The second kappa shape index (κ2) is 8.42. The molecule has 1 rings (SSSR count). The quantitative estimate of drug-likeness (QED) is 0.586. The third-order valence-electron chi connectivity index (χ3n) is 3.54. The van der Waals surface area contributed by atoms with Gasteiger partial charge < -0.3 is 4.74 Å². The van der Waals surface area contributed by atoms with Gasteiger partial charge >= 0.3 is 0 Å². The average molecular weight is 269 g/mol. The Morgan fingerprint density at radius 3 is 2.33 bits per heavy atom. The number of benzene rings is 1. The Labute approximate surface area is 116 Å². The highest BCUT2D eigenvalue weighted by molar-refractivity contribution is 6.17. The zero-order chi connectivity index (χ0) is 13.4. The molecule has 2 atom stereocenters. The standard InChI is InChI=1S/C16H25ClO/c1-4-14(3)15-5-7-16(8-6-15)18-12-10-13(2)9-11-17/h5-8,13-14H,4,9-12H2,1-3H3. The monoisotopic (exact) mass is 268 g/mol. The summed E-state index contributed by atoms with van der Waals surface area (Å²) < 4.78 is 5.75. The molecule has 0 aliphatic carbocycles. The van der Waals surface area contributed by atoms with E-state index in [0.29, 0.717) is 11.8 Å². The molecule has 0 amide bonds. The first-order valence-corrected chi connectivity index (χ1v) is 7.49. The van der Waals surface area contributed by atoms with E-state index in [2.05, 4.69) is 45.0 Å². The van der Waals surface area contributed by atoms with E-state index in [1.165, 1.54) is 12.0 Å². The van der Waals surface area contributed by atoms with Crippen molar-refractivity contribution in [2.75, 3.05) is 12.5 Å². The largest absolute Gasteiger partial charge is 0.494 e. The number of halogens is 1. The molecule has 1 aromatic rings. The van der Waals surface area contributed by atoms with Crippen LogP contribution in [-0.4, -0.2) is 12.5 Å². The van der Waals surface area contributed by atoms with E-state index in [-0.39, 0.29) is 0 Å². The van der Waals surface area contributed by atoms with Gasteiger partial charge in [-0.3, -0.25) is 0 Å². The van der Waals surface area contributed by atoms with Crippen LogP contribution in [0.2, 0.25) is 0 Å². The van der Waals surface area contributed by atoms with Gasteiger partial charge in [-0.15, -0.1) is 11.6 Å². The first kappa shape index (κ1) is 15.4. The Hall–Kier alpha value is -0.690. The minimum Gasteiger partial charge on any atom is -0.494 e. The van der Waals surface area contributed by atoms with Crippen LogP contribution in [0.1, 0.15) is 51.5 Å². The predicted molar refractivity (Wildman–Crippen MR) is 79.8 cm³/mol. The van der Waals surface area contributed by atoms with Crippen LogP contribution >= 0.6 is 11.6 Å². The summed E-state index contributed by atoms with van der Waals surface area (Å²) in [6.07, 6.45) is 3.31. The van der Waals surface area contributed by atoms with Gasteiger partial charge in [-0.1, -0.05) is 32.9 Å². The fourth-order valence-corrected chi connectivity index (χ4v) is 2.21. The van der Waals surface area contributed by atoms with E-state index in [9.17, 15) is 0 Å². The normalized spacial score (nSPS) is 14.2. The smallest absolute Gasteiger partial charge is 0.119 e. The average Bonchev–Trinajstić information content (AvgIpc) is 2.39. The summed E-state index contributed by atoms with van der Waals surface area (Å²) in [5.74, 6) is 2.98. The predicted octanol–water partition coefficient (Wildman–Crippen LogP) is 5.23. The summed E-state index contributed by atoms with van der Waals surface area (Å²) in [7, 11) is 0. The van der Waals surface area contributed by atoms with E-state index in [1.807, 2.05) is 0 Å². The summed E-state index contributed by atoms with van der Waals surface area (Å²) in [5, 5.41) is 0. The Morgan fingerprint density at radius 1 is 1.11 bits per heavy atom. The van der Waals surface area contributed by atoms with Crippen molar-refractivity contribution in [3.8, 4) is 5.75 Å². The molecule has 0 bridgehead atoms. The molecule has 18 heavy (non-hydrogen) atoms. The number of hydrogen-bond donors (Lipinski definition) is 0. The van der Waals surface area contributed by atoms with Gasteiger partial charge in [0.2, 0.25) is 0 Å². The molecule has 0 saturated carbocycles. The van der Waals surface area contributed by atoms with Crippen molar-refractivity contribution in [1.29, 1.82) is 0 Å². The number of rotatable bonds is 8. The minimum atomic E-state index is 0.628. The van der Waals surface area contributed by atoms with Crippen molar-refractivity contribution in [2.24, 2.45) is 5.92 Å². The Balaban J connectivity index is 2.35. The van der Waals surface area contributed by atoms with Crippen molar-refractivity contribution < 1.29 is 4.74 Å². The molecular weight excluding hydrogens is 244 g/mol. The van der Waals surface area contributed by atoms with Crippen LogP contribution in [-0.2, 0) is 0 Å². The minimum absolute atomic E-state index is 0.628. The van der Waals surface area contributed by atoms with Crippen LogP contribution in [0.3, 0.4) is 0 Å². The van der Waals surface area contributed by atoms with Crippen LogP contribution in [0.25, 0.3) is 0 Å². The zero-order valence-corrected chi connectivity index (χ0v) is 12.5. The number of ether oxygens (including phenoxy) is 1. The van der Waals surface area contributed by atoms with Crippen molar-refractivity contribution in [1.82, 2.24) is 0 Å². The summed E-state index contributed by atoms with van der Waals surface area (Å²) in [4.78, 5) is 0. The maximum absolute atomic E-state index is 5.75. The fourth-order valence-electron chi connectivity index (χ4n) is 1.84. The lowest BCUT2D eigenvalue weighted by atomic mass is 9.99. The van der Waals surface area contributed by atoms with Crippen LogP contribution in [0.5, 0.6) is 5.75 Å². The first-order chi connectivity index (χ1) is 8.67. The Kier molecular flexibility index (Phi) is 7.19. The van der Waals surface area contributed by atoms with Gasteiger partial charge in [-0.2, -0.15) is 0 Å². The molecule has 0 aliphatic heterocycles. The van der Waals surface area contributed by atoms with E-state index in [4.69, 9.17) is 16.3 Å². The molecule has 0 spiro atoms. The summed E-state index contributed by atoms with van der Waals surface area (Å²) in [6, 6.07) is 8.50. The van der Waals surface area contributed by atoms with Gasteiger partial charge in [-0.05, 0) is 48.8 Å². The lowest BCUT2D eigenvalue weighted by Gasteiger charge is -2.12. The lowest BCUT2D eigenvalue weighted by Crippen LogP contribution is -2.04. The van der Waals surface area contributed by atoms with Crippen LogP contribution in [0, 0.1) is 5.92 Å². The van der Waals surface area contributed by atoms with Crippen LogP contribution in [0.15, 0.2) is 24.3 Å². The third kappa shape index (κ3) is 5.30. The molecule has 0 heterocycles. The van der Waals surface area contributed by atoms with E-state index in [0.717, 1.165) is 31.1 Å². The third-order valence-corrected chi connectivity index (χ3v) is 3.76. The maximum Gasteiger partial charge on any atom is 0.119 e. The van der Waals surface area contributed by atoms with Gasteiger partial charge in [-0.25, -0.2) is 0 Å². The highest BCUT2D eigenvalue weighted by atomic mass is 35.5. The molecule has 2 heteroatoms. The topological polar surface area (TPSA) is 9.23 Å². The van der Waals surface area contributed by atoms with Crippen molar-refractivity contribution >= 4 is 11.6 Å². The summed E-state index contributed by atoms with van der Waals surface area (Å²) in [6.45, 7) is 7.47. The molecule has 2 unspecified atom stereocenters. The Bertz CT molecular complexity index is 320. The zero-order valence-electron chi connectivity index (χ0n) is 11.8. The molecular formula is C16H25ClO. The summed E-state index contributed by atoms with van der Waals surface area (Å²) in [5.41, 5.74) is 1.39. The second-order valence-corrected chi connectivity index (χ2v) is 5.48. The van der Waals surface area contributed by atoms with Crippen molar-refractivity contribution in [2.45, 2.75) is 46.0 Å². The van der Waals surface area contributed by atoms with Gasteiger partial charge in [0.1, 0.15) is 5.75 Å². The van der Waals surface area contributed by atoms with Crippen LogP contribution in [0.4, 0.5) is 0 Å². The molecule has 0 aliphatic rings. The molecule has 102 valence electrons. The molecule has 0 aromatic heterocycles. The van der Waals surface area contributed by atoms with E-state index < -0.39 is 0 Å².